The third-order valence-corrected chi connectivity index (χ3v) is 6.11. The molecular weight excluding hydrogens is 362 g/mol. The van der Waals surface area contributed by atoms with Gasteiger partial charge in [0.2, 0.25) is 5.95 Å². The van der Waals surface area contributed by atoms with Crippen LogP contribution in [0.25, 0.3) is 16.7 Å². The molecule has 0 fully saturated rings. The largest absolute Gasteiger partial charge is 0.325 e. The molecule has 4 aromatic rings. The van der Waals surface area contributed by atoms with E-state index in [1.54, 1.807) is 11.3 Å². The van der Waals surface area contributed by atoms with Gasteiger partial charge in [-0.15, -0.1) is 11.3 Å². The number of anilines is 1. The zero-order valence-corrected chi connectivity index (χ0v) is 15.7. The van der Waals surface area contributed by atoms with Gasteiger partial charge in [-0.1, -0.05) is 35.9 Å². The summed E-state index contributed by atoms with van der Waals surface area (Å²) in [6, 6.07) is 18.5. The number of nitrogens with one attached hydrogen (secondary N) is 1. The lowest BCUT2D eigenvalue weighted by atomic mass is 10.0. The van der Waals surface area contributed by atoms with Crippen molar-refractivity contribution in [2.75, 3.05) is 5.32 Å². The highest BCUT2D eigenvalue weighted by molar-refractivity contribution is 7.10. The number of aromatic nitrogens is 2. The lowest BCUT2D eigenvalue weighted by molar-refractivity contribution is 0.729. The monoisotopic (exact) mass is 377 g/mol. The third kappa shape index (κ3) is 2.45. The Morgan fingerprint density at radius 1 is 1.08 bits per heavy atom. The maximum atomic E-state index is 6.06. The second-order valence-corrected chi connectivity index (χ2v) is 7.80. The number of aryl methyl sites for hydroxylation is 1. The van der Waals surface area contributed by atoms with Gasteiger partial charge in [-0.25, -0.2) is 4.98 Å². The van der Waals surface area contributed by atoms with Crippen LogP contribution in [0.5, 0.6) is 0 Å². The fourth-order valence-electron chi connectivity index (χ4n) is 3.49. The van der Waals surface area contributed by atoms with Crippen molar-refractivity contribution in [2.45, 2.75) is 13.0 Å². The van der Waals surface area contributed by atoms with E-state index in [1.807, 2.05) is 30.3 Å². The molecule has 0 saturated carbocycles. The molecule has 128 valence electrons. The quantitative estimate of drug-likeness (QED) is 0.456. The first-order valence-electron chi connectivity index (χ1n) is 8.46. The predicted molar refractivity (Wildman–Crippen MR) is 110 cm³/mol. The molecule has 0 radical (unpaired) electrons. The molecule has 1 aliphatic rings. The summed E-state index contributed by atoms with van der Waals surface area (Å²) in [6.07, 6.45) is 2.28. The second-order valence-electron chi connectivity index (χ2n) is 6.42. The zero-order valence-electron chi connectivity index (χ0n) is 14.1. The van der Waals surface area contributed by atoms with Crippen molar-refractivity contribution >= 4 is 45.6 Å². The average molecular weight is 378 g/mol. The van der Waals surface area contributed by atoms with Gasteiger partial charge in [-0.05, 0) is 59.8 Å². The third-order valence-electron chi connectivity index (χ3n) is 4.77. The van der Waals surface area contributed by atoms with Crippen molar-refractivity contribution in [2.24, 2.45) is 0 Å². The summed E-state index contributed by atoms with van der Waals surface area (Å²) >= 11 is 7.85. The molecule has 0 amide bonds. The zero-order chi connectivity index (χ0) is 17.7. The molecule has 0 aliphatic carbocycles. The standard InChI is InChI=1S/C21H16ClN3S/c1-13-10-11-26-20(13)19-12-17(14-6-8-15(22)9-7-14)24-21-23-16-4-2-3-5-18(16)25(19)21/h2-12,19H,1H3,(H,23,24)/t19-/m1/s1. The van der Waals surface area contributed by atoms with Crippen LogP contribution in [0.2, 0.25) is 5.02 Å². The van der Waals surface area contributed by atoms with Crippen LogP contribution in [0, 0.1) is 6.92 Å². The highest BCUT2D eigenvalue weighted by Crippen LogP contribution is 2.39. The average Bonchev–Trinajstić information content (AvgIpc) is 3.24. The Morgan fingerprint density at radius 2 is 1.88 bits per heavy atom. The molecule has 0 saturated heterocycles. The summed E-state index contributed by atoms with van der Waals surface area (Å²) < 4.78 is 2.29. The van der Waals surface area contributed by atoms with Crippen LogP contribution in [0.1, 0.15) is 22.0 Å². The van der Waals surface area contributed by atoms with Gasteiger partial charge in [-0.3, -0.25) is 4.57 Å². The minimum Gasteiger partial charge on any atom is -0.325 e. The Morgan fingerprint density at radius 3 is 2.65 bits per heavy atom. The van der Waals surface area contributed by atoms with E-state index in [4.69, 9.17) is 16.6 Å². The molecule has 5 rings (SSSR count). The molecule has 0 unspecified atom stereocenters. The lowest BCUT2D eigenvalue weighted by Gasteiger charge is -2.26. The summed E-state index contributed by atoms with van der Waals surface area (Å²) in [6.45, 7) is 2.17. The van der Waals surface area contributed by atoms with Crippen LogP contribution in [0.4, 0.5) is 5.95 Å². The van der Waals surface area contributed by atoms with Crippen molar-refractivity contribution in [3.63, 3.8) is 0 Å². The Kier molecular flexibility index (Phi) is 3.62. The van der Waals surface area contributed by atoms with Gasteiger partial charge in [0.25, 0.3) is 0 Å². The van der Waals surface area contributed by atoms with Crippen molar-refractivity contribution in [3.8, 4) is 0 Å². The number of rotatable bonds is 2. The van der Waals surface area contributed by atoms with Crippen LogP contribution >= 0.6 is 22.9 Å². The molecule has 2 aromatic carbocycles. The van der Waals surface area contributed by atoms with Gasteiger partial charge in [0.1, 0.15) is 0 Å². The summed E-state index contributed by atoms with van der Waals surface area (Å²) in [7, 11) is 0. The van der Waals surface area contributed by atoms with Crippen LogP contribution in [0.15, 0.2) is 66.1 Å². The number of para-hydroxylation sites is 2. The Labute approximate surface area is 160 Å². The first kappa shape index (κ1) is 15.7. The Balaban J connectivity index is 1.73. The number of imidazole rings is 1. The molecular formula is C21H16ClN3S. The smallest absolute Gasteiger partial charge is 0.209 e. The molecule has 1 atom stereocenters. The molecule has 0 bridgehead atoms. The van der Waals surface area contributed by atoms with E-state index in [-0.39, 0.29) is 6.04 Å². The SMILES string of the molecule is Cc1ccsc1[C@H]1C=C(c2ccc(Cl)cc2)Nc2nc3ccccc3n21. The number of allylic oxidation sites excluding steroid dienone is 1. The first-order valence-corrected chi connectivity index (χ1v) is 9.72. The summed E-state index contributed by atoms with van der Waals surface area (Å²) in [5, 5.41) is 6.40. The maximum Gasteiger partial charge on any atom is 0.209 e. The van der Waals surface area contributed by atoms with E-state index in [9.17, 15) is 0 Å². The second kappa shape index (κ2) is 6.01. The molecule has 2 aromatic heterocycles. The van der Waals surface area contributed by atoms with Gasteiger partial charge in [0.15, 0.2) is 0 Å². The number of fused-ring (bicyclic) bond motifs is 3. The van der Waals surface area contributed by atoms with E-state index >= 15 is 0 Å². The Hall–Kier alpha value is -2.56. The van der Waals surface area contributed by atoms with Crippen molar-refractivity contribution < 1.29 is 0 Å². The number of nitrogens with zero attached hydrogens (tertiary/aromatic N) is 2. The van der Waals surface area contributed by atoms with E-state index in [0.717, 1.165) is 33.3 Å². The maximum absolute atomic E-state index is 6.06. The summed E-state index contributed by atoms with van der Waals surface area (Å²) in [5.41, 5.74) is 5.60. The lowest BCUT2D eigenvalue weighted by Crippen LogP contribution is -2.18. The van der Waals surface area contributed by atoms with Gasteiger partial charge in [0, 0.05) is 15.6 Å². The normalized spacial score (nSPS) is 16.2. The van der Waals surface area contributed by atoms with Crippen LogP contribution < -0.4 is 5.32 Å². The molecule has 0 spiro atoms. The highest BCUT2D eigenvalue weighted by atomic mass is 35.5. The van der Waals surface area contributed by atoms with E-state index in [1.165, 1.54) is 10.4 Å². The van der Waals surface area contributed by atoms with Crippen molar-refractivity contribution in [1.82, 2.24) is 9.55 Å². The van der Waals surface area contributed by atoms with Gasteiger partial charge < -0.3 is 5.32 Å². The predicted octanol–water partition coefficient (Wildman–Crippen LogP) is 6.12. The van der Waals surface area contributed by atoms with Crippen molar-refractivity contribution in [3.05, 3.63) is 87.1 Å². The molecule has 26 heavy (non-hydrogen) atoms. The molecule has 5 heteroatoms. The minimum atomic E-state index is 0.115. The van der Waals surface area contributed by atoms with E-state index < -0.39 is 0 Å². The van der Waals surface area contributed by atoms with E-state index in [2.05, 4.69) is 52.5 Å². The fourth-order valence-corrected chi connectivity index (χ4v) is 4.60. The number of benzene rings is 2. The molecule has 3 nitrogen and oxygen atoms in total. The number of halogens is 1. The van der Waals surface area contributed by atoms with Crippen molar-refractivity contribution in [1.29, 1.82) is 0 Å². The van der Waals surface area contributed by atoms with Gasteiger partial charge in [-0.2, -0.15) is 0 Å². The summed E-state index contributed by atoms with van der Waals surface area (Å²) in [5.74, 6) is 0.872. The topological polar surface area (TPSA) is 29.9 Å². The first-order chi connectivity index (χ1) is 12.7. The van der Waals surface area contributed by atoms with Crippen LogP contribution in [-0.2, 0) is 0 Å². The van der Waals surface area contributed by atoms with Crippen LogP contribution in [-0.4, -0.2) is 9.55 Å². The van der Waals surface area contributed by atoms with E-state index in [0.29, 0.717) is 0 Å². The fraction of sp³-hybridized carbons (Fsp3) is 0.0952. The minimum absolute atomic E-state index is 0.115. The highest BCUT2D eigenvalue weighted by Gasteiger charge is 2.26. The van der Waals surface area contributed by atoms with Crippen LogP contribution in [0.3, 0.4) is 0 Å². The molecule has 1 aliphatic heterocycles. The van der Waals surface area contributed by atoms with Gasteiger partial charge in [0.05, 0.1) is 17.1 Å². The molecule has 3 heterocycles. The molecule has 1 N–H and O–H groups in total. The Bertz CT molecular complexity index is 1140. The number of hydrogen-bond donors (Lipinski definition) is 1. The van der Waals surface area contributed by atoms with Gasteiger partial charge >= 0.3 is 0 Å². The number of thiophene rings is 1. The number of hydrogen-bond acceptors (Lipinski definition) is 3. The summed E-state index contributed by atoms with van der Waals surface area (Å²) in [4.78, 5) is 6.16.